The predicted octanol–water partition coefficient (Wildman–Crippen LogP) is 3.99. The first-order valence-electron chi connectivity index (χ1n) is 9.20. The number of anilines is 1. The summed E-state index contributed by atoms with van der Waals surface area (Å²) in [4.78, 5) is 17.8. The van der Waals surface area contributed by atoms with Crippen molar-refractivity contribution in [3.63, 3.8) is 0 Å². The summed E-state index contributed by atoms with van der Waals surface area (Å²) >= 11 is 0. The molecule has 0 aliphatic carbocycles. The maximum absolute atomic E-state index is 12.6. The number of amides is 1. The third kappa shape index (κ3) is 4.61. The Kier molecular flexibility index (Phi) is 5.69. The molecule has 0 fully saturated rings. The molecular formula is C22H27N3O2. The lowest BCUT2D eigenvalue weighted by Gasteiger charge is -2.13. The lowest BCUT2D eigenvalue weighted by molar-refractivity contribution is 0.0934. The first kappa shape index (κ1) is 18.8. The molecule has 0 saturated heterocycles. The highest BCUT2D eigenvalue weighted by atomic mass is 16.5. The van der Waals surface area contributed by atoms with Crippen LogP contribution in [0, 0.1) is 0 Å². The van der Waals surface area contributed by atoms with Crippen molar-refractivity contribution in [3.05, 3.63) is 59.8 Å². The van der Waals surface area contributed by atoms with Crippen LogP contribution in [0.1, 0.15) is 29.4 Å². The van der Waals surface area contributed by atoms with E-state index in [0.717, 1.165) is 35.2 Å². The predicted molar refractivity (Wildman–Crippen MR) is 111 cm³/mol. The lowest BCUT2D eigenvalue weighted by Crippen LogP contribution is -2.33. The molecule has 1 amide bonds. The van der Waals surface area contributed by atoms with E-state index in [1.807, 2.05) is 50.2 Å². The molecule has 2 aromatic carbocycles. The monoisotopic (exact) mass is 365 g/mol. The van der Waals surface area contributed by atoms with E-state index in [2.05, 4.69) is 34.6 Å². The fraction of sp³-hybridized carbons (Fsp3) is 0.318. The summed E-state index contributed by atoms with van der Waals surface area (Å²) in [5, 5.41) is 4.12. The second-order valence-electron chi connectivity index (χ2n) is 7.11. The SMILES string of the molecule is COc1ccc(CCC(C)NC(=O)c2cc3ccc(N(C)C)cc3[nH]2)cc1. The molecule has 2 N–H and O–H groups in total. The molecule has 3 rings (SSSR count). The fourth-order valence-electron chi connectivity index (χ4n) is 3.06. The molecule has 1 atom stereocenters. The van der Waals surface area contributed by atoms with Gasteiger partial charge in [-0.05, 0) is 55.7 Å². The van der Waals surface area contributed by atoms with Crippen molar-refractivity contribution >= 4 is 22.5 Å². The number of nitrogens with zero attached hydrogens (tertiary/aromatic N) is 1. The van der Waals surface area contributed by atoms with Gasteiger partial charge >= 0.3 is 0 Å². The normalized spacial score (nSPS) is 12.0. The van der Waals surface area contributed by atoms with Crippen LogP contribution in [0.4, 0.5) is 5.69 Å². The van der Waals surface area contributed by atoms with E-state index in [1.54, 1.807) is 7.11 Å². The number of aryl methyl sites for hydroxylation is 1. The number of nitrogens with one attached hydrogen (secondary N) is 2. The summed E-state index contributed by atoms with van der Waals surface area (Å²) in [5.41, 5.74) is 3.90. The number of carbonyl (C=O) groups excluding carboxylic acids is 1. The smallest absolute Gasteiger partial charge is 0.267 e. The van der Waals surface area contributed by atoms with Crippen LogP contribution in [-0.4, -0.2) is 38.1 Å². The Morgan fingerprint density at radius 1 is 1.15 bits per heavy atom. The minimum absolute atomic E-state index is 0.0696. The number of H-pyrrole nitrogens is 1. The summed E-state index contributed by atoms with van der Waals surface area (Å²) in [6.45, 7) is 2.04. The van der Waals surface area contributed by atoms with Crippen molar-refractivity contribution in [1.82, 2.24) is 10.3 Å². The van der Waals surface area contributed by atoms with Gasteiger partial charge in [0, 0.05) is 36.7 Å². The van der Waals surface area contributed by atoms with Gasteiger partial charge in [0.25, 0.3) is 5.91 Å². The maximum atomic E-state index is 12.6. The van der Waals surface area contributed by atoms with E-state index in [9.17, 15) is 4.79 Å². The number of methoxy groups -OCH3 is 1. The van der Waals surface area contributed by atoms with Crippen LogP contribution < -0.4 is 15.0 Å². The molecule has 0 aliphatic heterocycles. The van der Waals surface area contributed by atoms with E-state index >= 15 is 0 Å². The highest BCUT2D eigenvalue weighted by molar-refractivity contribution is 5.98. The minimum atomic E-state index is -0.0696. The number of rotatable bonds is 7. The zero-order valence-electron chi connectivity index (χ0n) is 16.4. The molecular weight excluding hydrogens is 338 g/mol. The zero-order chi connectivity index (χ0) is 19.4. The molecule has 5 heteroatoms. The van der Waals surface area contributed by atoms with Crippen LogP contribution in [0.2, 0.25) is 0 Å². The van der Waals surface area contributed by atoms with Crippen LogP contribution >= 0.6 is 0 Å². The summed E-state index contributed by atoms with van der Waals surface area (Å²) < 4.78 is 5.18. The Bertz CT molecular complexity index is 913. The standard InChI is InChI=1S/C22H27N3O2/c1-15(5-6-16-7-11-19(27-4)12-8-16)23-22(26)21-13-17-9-10-18(25(2)3)14-20(17)24-21/h7-15,24H,5-6H2,1-4H3,(H,23,26). The number of carbonyl (C=O) groups is 1. The summed E-state index contributed by atoms with van der Waals surface area (Å²) in [6.07, 6.45) is 1.79. The highest BCUT2D eigenvalue weighted by Crippen LogP contribution is 2.21. The molecule has 0 radical (unpaired) electrons. The van der Waals surface area contributed by atoms with Gasteiger partial charge in [0.15, 0.2) is 0 Å². The zero-order valence-corrected chi connectivity index (χ0v) is 16.4. The largest absolute Gasteiger partial charge is 0.497 e. The van der Waals surface area contributed by atoms with Gasteiger partial charge in [-0.3, -0.25) is 4.79 Å². The van der Waals surface area contributed by atoms with Gasteiger partial charge in [0.05, 0.1) is 7.11 Å². The van der Waals surface area contributed by atoms with Crippen molar-refractivity contribution in [2.75, 3.05) is 26.1 Å². The van der Waals surface area contributed by atoms with Crippen molar-refractivity contribution in [3.8, 4) is 5.75 Å². The topological polar surface area (TPSA) is 57.4 Å². The maximum Gasteiger partial charge on any atom is 0.267 e. The number of ether oxygens (including phenoxy) is 1. The third-order valence-electron chi connectivity index (χ3n) is 4.77. The lowest BCUT2D eigenvalue weighted by atomic mass is 10.1. The molecule has 142 valence electrons. The Morgan fingerprint density at radius 3 is 2.56 bits per heavy atom. The average Bonchev–Trinajstić information content (AvgIpc) is 3.10. The Hall–Kier alpha value is -2.95. The Labute approximate surface area is 160 Å². The number of fused-ring (bicyclic) bond motifs is 1. The van der Waals surface area contributed by atoms with Crippen LogP contribution in [0.25, 0.3) is 10.9 Å². The number of hydrogen-bond acceptors (Lipinski definition) is 3. The molecule has 0 aliphatic rings. The number of hydrogen-bond donors (Lipinski definition) is 2. The fourth-order valence-corrected chi connectivity index (χ4v) is 3.06. The third-order valence-corrected chi connectivity index (χ3v) is 4.77. The molecule has 1 aromatic heterocycles. The van der Waals surface area contributed by atoms with Gasteiger partial charge < -0.3 is 19.9 Å². The molecule has 5 nitrogen and oxygen atoms in total. The second kappa shape index (κ2) is 8.16. The Balaban J connectivity index is 1.59. The van der Waals surface area contributed by atoms with Gasteiger partial charge in [-0.15, -0.1) is 0 Å². The first-order chi connectivity index (χ1) is 13.0. The van der Waals surface area contributed by atoms with Crippen LogP contribution in [0.5, 0.6) is 5.75 Å². The molecule has 0 bridgehead atoms. The quantitative estimate of drug-likeness (QED) is 0.665. The van der Waals surface area contributed by atoms with E-state index in [4.69, 9.17) is 4.74 Å². The molecule has 27 heavy (non-hydrogen) atoms. The van der Waals surface area contributed by atoms with Crippen LogP contribution in [-0.2, 0) is 6.42 Å². The second-order valence-corrected chi connectivity index (χ2v) is 7.11. The summed E-state index contributed by atoms with van der Waals surface area (Å²) in [7, 11) is 5.67. The molecule has 1 unspecified atom stereocenters. The van der Waals surface area contributed by atoms with E-state index in [0.29, 0.717) is 5.69 Å². The highest BCUT2D eigenvalue weighted by Gasteiger charge is 2.13. The van der Waals surface area contributed by atoms with Crippen molar-refractivity contribution < 1.29 is 9.53 Å². The van der Waals surface area contributed by atoms with Gasteiger partial charge in [-0.1, -0.05) is 18.2 Å². The minimum Gasteiger partial charge on any atom is -0.497 e. The molecule has 3 aromatic rings. The molecule has 0 saturated carbocycles. The van der Waals surface area contributed by atoms with Crippen LogP contribution in [0.3, 0.4) is 0 Å². The summed E-state index contributed by atoms with van der Waals surface area (Å²) in [5.74, 6) is 0.788. The van der Waals surface area contributed by atoms with Gasteiger partial charge in [-0.2, -0.15) is 0 Å². The Morgan fingerprint density at radius 2 is 1.89 bits per heavy atom. The average molecular weight is 365 g/mol. The number of aromatic nitrogens is 1. The van der Waals surface area contributed by atoms with Gasteiger partial charge in [-0.25, -0.2) is 0 Å². The van der Waals surface area contributed by atoms with E-state index in [1.165, 1.54) is 5.56 Å². The molecule has 1 heterocycles. The van der Waals surface area contributed by atoms with E-state index in [-0.39, 0.29) is 11.9 Å². The van der Waals surface area contributed by atoms with Gasteiger partial charge in [0.1, 0.15) is 11.4 Å². The van der Waals surface area contributed by atoms with Crippen molar-refractivity contribution in [1.29, 1.82) is 0 Å². The number of benzene rings is 2. The molecule has 0 spiro atoms. The van der Waals surface area contributed by atoms with Crippen molar-refractivity contribution in [2.45, 2.75) is 25.8 Å². The van der Waals surface area contributed by atoms with Crippen LogP contribution in [0.15, 0.2) is 48.5 Å². The first-order valence-corrected chi connectivity index (χ1v) is 9.20. The number of aromatic amines is 1. The van der Waals surface area contributed by atoms with Crippen molar-refractivity contribution in [2.24, 2.45) is 0 Å². The summed E-state index contributed by atoms with van der Waals surface area (Å²) in [6, 6.07) is 16.2. The van der Waals surface area contributed by atoms with E-state index < -0.39 is 0 Å². The van der Waals surface area contributed by atoms with Gasteiger partial charge in [0.2, 0.25) is 0 Å².